The van der Waals surface area contributed by atoms with Gasteiger partial charge in [0.15, 0.2) is 0 Å². The van der Waals surface area contributed by atoms with Crippen LogP contribution in [0.15, 0.2) is 84.9 Å². The Morgan fingerprint density at radius 3 is 2.50 bits per heavy atom. The summed E-state index contributed by atoms with van der Waals surface area (Å²) in [6.07, 6.45) is 3.65. The fraction of sp³-hybridized carbons (Fsp3) is 0.257. The van der Waals surface area contributed by atoms with Gasteiger partial charge in [-0.25, -0.2) is 0 Å². The number of halogens is 2. The van der Waals surface area contributed by atoms with Crippen LogP contribution in [0.25, 0.3) is 11.1 Å². The largest absolute Gasteiger partial charge is 0.322 e. The summed E-state index contributed by atoms with van der Waals surface area (Å²) < 4.78 is 0. The van der Waals surface area contributed by atoms with E-state index in [1.807, 2.05) is 78.6 Å². The van der Waals surface area contributed by atoms with Crippen molar-refractivity contribution in [2.75, 3.05) is 16.8 Å². The van der Waals surface area contributed by atoms with Crippen molar-refractivity contribution >= 4 is 46.4 Å². The number of fused-ring (bicyclic) bond motifs is 6. The number of anilines is 2. The average Bonchev–Trinajstić information content (AvgIpc) is 3.54. The molecule has 0 spiro atoms. The van der Waals surface area contributed by atoms with Crippen molar-refractivity contribution in [3.8, 4) is 11.1 Å². The molecule has 212 valence electrons. The van der Waals surface area contributed by atoms with Crippen LogP contribution in [0, 0.1) is 12.8 Å². The van der Waals surface area contributed by atoms with Crippen LogP contribution >= 0.6 is 23.2 Å². The lowest BCUT2D eigenvalue weighted by Gasteiger charge is -2.35. The van der Waals surface area contributed by atoms with Crippen molar-refractivity contribution in [3.05, 3.63) is 117 Å². The van der Waals surface area contributed by atoms with Gasteiger partial charge in [-0.1, -0.05) is 77.3 Å². The van der Waals surface area contributed by atoms with Gasteiger partial charge in [-0.05, 0) is 85.2 Å². The maximum Gasteiger partial charge on any atom is 0.259 e. The molecule has 7 rings (SSSR count). The van der Waals surface area contributed by atoms with E-state index in [2.05, 4.69) is 10.2 Å². The van der Waals surface area contributed by atoms with Gasteiger partial charge in [0.25, 0.3) is 11.8 Å². The van der Waals surface area contributed by atoms with E-state index >= 15 is 0 Å². The molecule has 7 heteroatoms. The second-order valence-corrected chi connectivity index (χ2v) is 12.6. The molecule has 3 unspecified atom stereocenters. The first kappa shape index (κ1) is 27.2. The summed E-state index contributed by atoms with van der Waals surface area (Å²) in [7, 11) is 0. The molecule has 4 aromatic carbocycles. The monoisotopic (exact) mass is 595 g/mol. The summed E-state index contributed by atoms with van der Waals surface area (Å²) >= 11 is 13.2. The van der Waals surface area contributed by atoms with Gasteiger partial charge in [-0.15, -0.1) is 0 Å². The minimum absolute atomic E-state index is 0.157. The number of nitrogens with zero attached hydrogens (tertiary/aromatic N) is 2. The fourth-order valence-corrected chi connectivity index (χ4v) is 7.48. The second-order valence-electron chi connectivity index (χ2n) is 11.7. The fourth-order valence-electron chi connectivity index (χ4n) is 7.06. The Labute approximate surface area is 256 Å². The van der Waals surface area contributed by atoms with Crippen LogP contribution in [-0.2, 0) is 6.54 Å². The summed E-state index contributed by atoms with van der Waals surface area (Å²) in [5.41, 5.74) is 6.42. The molecule has 2 aliphatic heterocycles. The first-order chi connectivity index (χ1) is 20.4. The summed E-state index contributed by atoms with van der Waals surface area (Å²) in [5, 5.41) is 3.87. The Hall–Kier alpha value is -3.64. The van der Waals surface area contributed by atoms with Crippen molar-refractivity contribution in [2.45, 2.75) is 44.8 Å². The molecule has 3 atom stereocenters. The predicted molar refractivity (Wildman–Crippen MR) is 170 cm³/mol. The quantitative estimate of drug-likeness (QED) is 0.258. The maximum absolute atomic E-state index is 14.1. The minimum atomic E-state index is -0.242. The van der Waals surface area contributed by atoms with E-state index in [1.54, 1.807) is 18.2 Å². The number of aryl methyl sites for hydroxylation is 1. The van der Waals surface area contributed by atoms with Gasteiger partial charge < -0.3 is 10.2 Å². The molecule has 0 aromatic heterocycles. The average molecular weight is 597 g/mol. The van der Waals surface area contributed by atoms with Crippen LogP contribution in [0.2, 0.25) is 10.0 Å². The molecule has 2 heterocycles. The highest BCUT2D eigenvalue weighted by atomic mass is 35.5. The number of carbonyl (C=O) groups is 2. The molecule has 1 saturated heterocycles. The minimum Gasteiger partial charge on any atom is -0.322 e. The molecule has 1 saturated carbocycles. The second kappa shape index (κ2) is 10.9. The van der Waals surface area contributed by atoms with Crippen molar-refractivity contribution in [3.63, 3.8) is 0 Å². The lowest BCUT2D eigenvalue weighted by atomic mass is 9.98. The smallest absolute Gasteiger partial charge is 0.259 e. The lowest BCUT2D eigenvalue weighted by molar-refractivity contribution is 0.0961. The third-order valence-electron chi connectivity index (χ3n) is 9.18. The summed E-state index contributed by atoms with van der Waals surface area (Å²) in [4.78, 5) is 31.9. The van der Waals surface area contributed by atoms with E-state index < -0.39 is 0 Å². The Balaban J connectivity index is 1.15. The zero-order valence-corrected chi connectivity index (χ0v) is 24.8. The van der Waals surface area contributed by atoms with Crippen molar-refractivity contribution in [2.24, 2.45) is 5.92 Å². The SMILES string of the molecule is Cc1ccc(-c2ccccc2C(=O)Nc2ccc(C(=O)N3CC4C5CCC(C5)N4Cc4ccc(Cl)cc43)c(Cl)c2)cc1. The highest BCUT2D eigenvalue weighted by Gasteiger charge is 2.48. The van der Waals surface area contributed by atoms with Crippen molar-refractivity contribution in [1.82, 2.24) is 4.90 Å². The third-order valence-corrected chi connectivity index (χ3v) is 9.73. The van der Waals surface area contributed by atoms with Crippen LogP contribution < -0.4 is 10.2 Å². The molecule has 2 amide bonds. The summed E-state index contributed by atoms with van der Waals surface area (Å²) in [6.45, 7) is 3.47. The normalized spacial score (nSPS) is 21.0. The molecule has 2 fully saturated rings. The number of hydrogen-bond donors (Lipinski definition) is 1. The van der Waals surface area contributed by atoms with E-state index in [9.17, 15) is 9.59 Å². The number of rotatable bonds is 4. The van der Waals surface area contributed by atoms with Gasteiger partial charge in [-0.2, -0.15) is 0 Å². The van der Waals surface area contributed by atoms with Gasteiger partial charge in [0.2, 0.25) is 0 Å². The van der Waals surface area contributed by atoms with E-state index in [1.165, 1.54) is 19.3 Å². The Morgan fingerprint density at radius 1 is 0.881 bits per heavy atom. The highest BCUT2D eigenvalue weighted by molar-refractivity contribution is 6.35. The standard InChI is InChI=1S/C35H31Cl2N3O2/c1-21-6-8-22(9-7-21)28-4-2-3-5-29(28)34(41)38-26-13-15-30(31(37)18-26)35(42)40-20-33-23-11-14-27(16-23)39(33)19-24-10-12-25(36)17-32(24)40/h2-10,12-13,15,17-18,23,27,33H,11,14,16,19-20H2,1H3,(H,38,41). The molecule has 1 N–H and O–H groups in total. The van der Waals surface area contributed by atoms with Crippen molar-refractivity contribution < 1.29 is 9.59 Å². The van der Waals surface area contributed by atoms with E-state index in [4.69, 9.17) is 23.2 Å². The number of piperidine rings is 1. The highest BCUT2D eigenvalue weighted by Crippen LogP contribution is 2.46. The molecule has 4 aromatic rings. The van der Waals surface area contributed by atoms with Crippen LogP contribution in [0.5, 0.6) is 0 Å². The lowest BCUT2D eigenvalue weighted by Crippen LogP contribution is -2.46. The molecular weight excluding hydrogens is 565 g/mol. The van der Waals surface area contributed by atoms with Gasteiger partial charge >= 0.3 is 0 Å². The van der Waals surface area contributed by atoms with Crippen LogP contribution in [-0.4, -0.2) is 35.3 Å². The topological polar surface area (TPSA) is 52.7 Å². The van der Waals surface area contributed by atoms with E-state index in [-0.39, 0.29) is 11.8 Å². The molecule has 42 heavy (non-hydrogen) atoms. The predicted octanol–water partition coefficient (Wildman–Crippen LogP) is 8.23. The number of benzene rings is 4. The number of nitrogens with one attached hydrogen (secondary N) is 1. The maximum atomic E-state index is 14.1. The molecule has 5 nitrogen and oxygen atoms in total. The number of amides is 2. The zero-order valence-electron chi connectivity index (χ0n) is 23.3. The Morgan fingerprint density at radius 2 is 1.69 bits per heavy atom. The first-order valence-electron chi connectivity index (χ1n) is 14.5. The molecule has 3 aliphatic rings. The van der Waals surface area contributed by atoms with Crippen LogP contribution in [0.4, 0.5) is 11.4 Å². The molecule has 0 radical (unpaired) electrons. The third kappa shape index (κ3) is 4.90. The van der Waals surface area contributed by atoms with Crippen LogP contribution in [0.1, 0.15) is 51.1 Å². The Bertz CT molecular complexity index is 1700. The first-order valence-corrected chi connectivity index (χ1v) is 15.2. The van der Waals surface area contributed by atoms with Gasteiger partial charge in [0.05, 0.1) is 10.6 Å². The van der Waals surface area contributed by atoms with Crippen LogP contribution in [0.3, 0.4) is 0 Å². The van der Waals surface area contributed by atoms with Gasteiger partial charge in [0, 0.05) is 47.1 Å². The molecule has 2 bridgehead atoms. The zero-order chi connectivity index (χ0) is 29.0. The molecule has 1 aliphatic carbocycles. The molecular formula is C35H31Cl2N3O2. The summed E-state index contributed by atoms with van der Waals surface area (Å²) in [5.74, 6) is 0.204. The van der Waals surface area contributed by atoms with Crippen molar-refractivity contribution in [1.29, 1.82) is 0 Å². The Kier molecular flexibility index (Phi) is 7.05. The van der Waals surface area contributed by atoms with E-state index in [0.29, 0.717) is 51.4 Å². The van der Waals surface area contributed by atoms with Gasteiger partial charge in [-0.3, -0.25) is 14.5 Å². The number of hydrogen-bond acceptors (Lipinski definition) is 3. The number of carbonyl (C=O) groups excluding carboxylic acids is 2. The van der Waals surface area contributed by atoms with Gasteiger partial charge in [0.1, 0.15) is 0 Å². The van der Waals surface area contributed by atoms with E-state index in [0.717, 1.165) is 34.5 Å². The summed E-state index contributed by atoms with van der Waals surface area (Å²) in [6, 6.07) is 27.5.